The molecule has 0 aliphatic carbocycles. The molecule has 0 aliphatic heterocycles. The van der Waals surface area contributed by atoms with E-state index in [9.17, 15) is 4.79 Å². The minimum atomic E-state index is -0.273. The Kier molecular flexibility index (Phi) is 4.70. The van der Waals surface area contributed by atoms with Crippen molar-refractivity contribution in [3.8, 4) is 0 Å². The summed E-state index contributed by atoms with van der Waals surface area (Å²) >= 11 is 0. The van der Waals surface area contributed by atoms with E-state index in [1.54, 1.807) is 12.3 Å². The van der Waals surface area contributed by atoms with E-state index in [4.69, 9.17) is 0 Å². The molecule has 0 aliphatic rings. The lowest BCUT2D eigenvalue weighted by molar-refractivity contribution is -0.143. The van der Waals surface area contributed by atoms with Crippen molar-refractivity contribution >= 4 is 5.97 Å². The number of aromatic nitrogens is 2. The van der Waals surface area contributed by atoms with E-state index in [2.05, 4.69) is 20.0 Å². The number of hydrogen-bond acceptors (Lipinski definition) is 5. The highest BCUT2D eigenvalue weighted by molar-refractivity contribution is 5.75. The maximum Gasteiger partial charge on any atom is 0.322 e. The summed E-state index contributed by atoms with van der Waals surface area (Å²) in [7, 11) is 1.39. The molecule has 1 aromatic heterocycles. The summed E-state index contributed by atoms with van der Waals surface area (Å²) in [5, 5.41) is 3.07. The number of methoxy groups -OCH3 is 1. The van der Waals surface area contributed by atoms with Gasteiger partial charge in [0.05, 0.1) is 12.8 Å². The molecule has 1 rings (SSSR count). The Morgan fingerprint density at radius 3 is 3.00 bits per heavy atom. The molecule has 5 nitrogen and oxygen atoms in total. The molecule has 15 heavy (non-hydrogen) atoms. The Labute approximate surface area is 88.9 Å². The monoisotopic (exact) mass is 209 g/mol. The van der Waals surface area contributed by atoms with Crippen LogP contribution in [0.5, 0.6) is 0 Å². The number of nitrogens with one attached hydrogen (secondary N) is 1. The highest BCUT2D eigenvalue weighted by Crippen LogP contribution is 1.97. The van der Waals surface area contributed by atoms with Crippen LogP contribution in [0.15, 0.2) is 18.6 Å². The van der Waals surface area contributed by atoms with Crippen molar-refractivity contribution in [2.24, 2.45) is 0 Å². The van der Waals surface area contributed by atoms with Crippen LogP contribution in [0.25, 0.3) is 0 Å². The molecular formula is C10H15N3O2. The third-order valence-electron chi connectivity index (χ3n) is 2.07. The first kappa shape index (κ1) is 11.6. The first-order valence-electron chi connectivity index (χ1n) is 4.84. The first-order valence-corrected chi connectivity index (χ1v) is 4.84. The summed E-state index contributed by atoms with van der Waals surface area (Å²) in [5.41, 5.74) is 0.854. The third kappa shape index (κ3) is 3.63. The van der Waals surface area contributed by atoms with Crippen molar-refractivity contribution < 1.29 is 9.53 Å². The smallest absolute Gasteiger partial charge is 0.322 e. The Morgan fingerprint density at radius 2 is 2.47 bits per heavy atom. The quantitative estimate of drug-likeness (QED) is 0.716. The molecule has 0 saturated heterocycles. The number of ether oxygens (including phenoxy) is 1. The van der Waals surface area contributed by atoms with Gasteiger partial charge in [-0.05, 0) is 12.5 Å². The van der Waals surface area contributed by atoms with Gasteiger partial charge in [-0.25, -0.2) is 9.97 Å². The fraction of sp³-hybridized carbons (Fsp3) is 0.500. The minimum Gasteiger partial charge on any atom is -0.468 e. The van der Waals surface area contributed by atoms with Crippen molar-refractivity contribution in [2.45, 2.75) is 25.9 Å². The molecule has 0 saturated carbocycles. The first-order chi connectivity index (χ1) is 7.27. The zero-order valence-corrected chi connectivity index (χ0v) is 8.93. The average Bonchev–Trinajstić information content (AvgIpc) is 2.31. The highest BCUT2D eigenvalue weighted by Gasteiger charge is 2.15. The van der Waals surface area contributed by atoms with Gasteiger partial charge >= 0.3 is 5.97 Å². The standard InChI is InChI=1S/C10H15N3O2/c1-3-9(10(14)15-2)12-6-8-4-5-11-7-13-8/h4-5,7,9,12H,3,6H2,1-2H3. The van der Waals surface area contributed by atoms with Gasteiger partial charge in [0, 0.05) is 12.7 Å². The molecule has 0 spiro atoms. The predicted octanol–water partition coefficient (Wildman–Crippen LogP) is 0.518. The fourth-order valence-corrected chi connectivity index (χ4v) is 1.19. The van der Waals surface area contributed by atoms with Gasteiger partial charge in [-0.1, -0.05) is 6.92 Å². The van der Waals surface area contributed by atoms with Gasteiger partial charge in [0.1, 0.15) is 12.4 Å². The summed E-state index contributed by atoms with van der Waals surface area (Å²) in [6.07, 6.45) is 3.84. The second-order valence-corrected chi connectivity index (χ2v) is 3.07. The van der Waals surface area contributed by atoms with Crippen molar-refractivity contribution in [1.82, 2.24) is 15.3 Å². The van der Waals surface area contributed by atoms with E-state index >= 15 is 0 Å². The Morgan fingerprint density at radius 1 is 1.67 bits per heavy atom. The van der Waals surface area contributed by atoms with Crippen LogP contribution in [0.4, 0.5) is 0 Å². The van der Waals surface area contributed by atoms with Crippen LogP contribution >= 0.6 is 0 Å². The van der Waals surface area contributed by atoms with Gasteiger partial charge in [-0.15, -0.1) is 0 Å². The van der Waals surface area contributed by atoms with E-state index in [-0.39, 0.29) is 12.0 Å². The number of hydrogen-bond donors (Lipinski definition) is 1. The summed E-state index contributed by atoms with van der Waals surface area (Å²) in [5.74, 6) is -0.244. The van der Waals surface area contributed by atoms with Crippen LogP contribution in [0.3, 0.4) is 0 Å². The molecule has 82 valence electrons. The summed E-state index contributed by atoms with van der Waals surface area (Å²) < 4.78 is 4.66. The van der Waals surface area contributed by atoms with Gasteiger partial charge in [0.15, 0.2) is 0 Å². The van der Waals surface area contributed by atoms with Crippen molar-refractivity contribution in [3.63, 3.8) is 0 Å². The fourth-order valence-electron chi connectivity index (χ4n) is 1.19. The van der Waals surface area contributed by atoms with Crippen molar-refractivity contribution in [1.29, 1.82) is 0 Å². The zero-order valence-electron chi connectivity index (χ0n) is 8.93. The molecule has 1 unspecified atom stereocenters. The molecule has 1 N–H and O–H groups in total. The normalized spacial score (nSPS) is 12.1. The zero-order chi connectivity index (χ0) is 11.1. The molecule has 0 fully saturated rings. The molecule has 0 bridgehead atoms. The summed E-state index contributed by atoms with van der Waals surface area (Å²) in [4.78, 5) is 19.1. The molecule has 0 amide bonds. The molecule has 1 atom stereocenters. The Hall–Kier alpha value is -1.49. The number of carbonyl (C=O) groups excluding carboxylic acids is 1. The molecule has 1 heterocycles. The SMILES string of the molecule is CCC(NCc1ccncn1)C(=O)OC. The molecule has 0 radical (unpaired) electrons. The van der Waals surface area contributed by atoms with Crippen LogP contribution in [-0.2, 0) is 16.1 Å². The van der Waals surface area contributed by atoms with E-state index in [0.29, 0.717) is 13.0 Å². The summed E-state index contributed by atoms with van der Waals surface area (Å²) in [6, 6.07) is 1.53. The van der Waals surface area contributed by atoms with Gasteiger partial charge < -0.3 is 4.74 Å². The lowest BCUT2D eigenvalue weighted by atomic mass is 10.2. The van der Waals surface area contributed by atoms with E-state index in [1.165, 1.54) is 13.4 Å². The van der Waals surface area contributed by atoms with Gasteiger partial charge in [-0.2, -0.15) is 0 Å². The van der Waals surface area contributed by atoms with E-state index < -0.39 is 0 Å². The van der Waals surface area contributed by atoms with Crippen LogP contribution in [0.2, 0.25) is 0 Å². The summed E-state index contributed by atoms with van der Waals surface area (Å²) in [6.45, 7) is 2.46. The van der Waals surface area contributed by atoms with E-state index in [1.807, 2.05) is 6.92 Å². The average molecular weight is 209 g/mol. The van der Waals surface area contributed by atoms with Crippen LogP contribution in [0.1, 0.15) is 19.0 Å². The molecule has 0 aromatic carbocycles. The second-order valence-electron chi connectivity index (χ2n) is 3.07. The van der Waals surface area contributed by atoms with Crippen molar-refractivity contribution in [3.05, 3.63) is 24.3 Å². The lowest BCUT2D eigenvalue weighted by Gasteiger charge is -2.13. The molecular weight excluding hydrogens is 194 g/mol. The van der Waals surface area contributed by atoms with E-state index in [0.717, 1.165) is 5.69 Å². The van der Waals surface area contributed by atoms with Crippen molar-refractivity contribution in [2.75, 3.05) is 7.11 Å². The Balaban J connectivity index is 2.44. The van der Waals surface area contributed by atoms with Gasteiger partial charge in [-0.3, -0.25) is 10.1 Å². The number of rotatable bonds is 5. The third-order valence-corrected chi connectivity index (χ3v) is 2.07. The predicted molar refractivity (Wildman–Crippen MR) is 55.0 cm³/mol. The van der Waals surface area contributed by atoms with Gasteiger partial charge in [0.25, 0.3) is 0 Å². The van der Waals surface area contributed by atoms with Crippen LogP contribution in [0, 0.1) is 0 Å². The Bertz CT molecular complexity index is 303. The molecule has 1 aromatic rings. The number of carbonyl (C=O) groups is 1. The van der Waals surface area contributed by atoms with Crippen LogP contribution in [-0.4, -0.2) is 29.1 Å². The number of esters is 1. The number of nitrogens with zero attached hydrogens (tertiary/aromatic N) is 2. The maximum atomic E-state index is 11.2. The maximum absolute atomic E-state index is 11.2. The lowest BCUT2D eigenvalue weighted by Crippen LogP contribution is -2.36. The van der Waals surface area contributed by atoms with Crippen LogP contribution < -0.4 is 5.32 Å². The minimum absolute atomic E-state index is 0.244. The largest absolute Gasteiger partial charge is 0.468 e. The highest BCUT2D eigenvalue weighted by atomic mass is 16.5. The second kappa shape index (κ2) is 6.08. The topological polar surface area (TPSA) is 64.1 Å². The molecule has 5 heteroatoms. The van der Waals surface area contributed by atoms with Gasteiger partial charge in [0.2, 0.25) is 0 Å².